The van der Waals surface area contributed by atoms with E-state index in [-0.39, 0.29) is 17.6 Å². The minimum Gasteiger partial charge on any atom is -0.393 e. The topological polar surface area (TPSA) is 40.5 Å². The Kier molecular flexibility index (Phi) is 1.88. The van der Waals surface area contributed by atoms with Crippen LogP contribution in [-0.4, -0.2) is 34.1 Å². The smallest absolute Gasteiger partial charge is 0.219 e. The number of rotatable bonds is 0. The Labute approximate surface area is 78.7 Å². The highest BCUT2D eigenvalue weighted by Gasteiger charge is 2.48. The van der Waals surface area contributed by atoms with Crippen LogP contribution < -0.4 is 0 Å². The van der Waals surface area contributed by atoms with Gasteiger partial charge in [0.1, 0.15) is 0 Å². The van der Waals surface area contributed by atoms with E-state index >= 15 is 0 Å². The van der Waals surface area contributed by atoms with E-state index in [1.54, 1.807) is 6.92 Å². The first-order valence-corrected chi connectivity index (χ1v) is 4.99. The highest BCUT2D eigenvalue weighted by atomic mass is 16.3. The molecule has 0 unspecified atom stereocenters. The fourth-order valence-corrected chi connectivity index (χ4v) is 2.89. The zero-order valence-corrected chi connectivity index (χ0v) is 8.29. The summed E-state index contributed by atoms with van der Waals surface area (Å²) >= 11 is 0. The molecule has 13 heavy (non-hydrogen) atoms. The summed E-state index contributed by atoms with van der Waals surface area (Å²) in [7, 11) is 0. The molecular formula is C10H17NO2. The summed E-state index contributed by atoms with van der Waals surface area (Å²) < 4.78 is 0. The molecule has 1 saturated heterocycles. The van der Waals surface area contributed by atoms with Gasteiger partial charge in [0.25, 0.3) is 0 Å². The average molecular weight is 183 g/mol. The number of aliphatic hydroxyl groups is 1. The maximum absolute atomic E-state index is 11.3. The lowest BCUT2D eigenvalue weighted by Crippen LogP contribution is -2.44. The Hall–Kier alpha value is -0.570. The summed E-state index contributed by atoms with van der Waals surface area (Å²) in [6.07, 6.45) is 2.60. The number of hydrogen-bond donors (Lipinski definition) is 1. The van der Waals surface area contributed by atoms with Crippen molar-refractivity contribution in [1.29, 1.82) is 0 Å². The van der Waals surface area contributed by atoms with Gasteiger partial charge in [0.2, 0.25) is 5.91 Å². The second-order valence-electron chi connectivity index (χ2n) is 4.70. The number of amides is 1. The van der Waals surface area contributed by atoms with Gasteiger partial charge < -0.3 is 10.0 Å². The number of likely N-dealkylation sites (tertiary alicyclic amines) is 1. The Balaban J connectivity index is 2.22. The molecule has 1 N–H and O–H groups in total. The molecule has 0 aromatic heterocycles. The van der Waals surface area contributed by atoms with Gasteiger partial charge in [0.05, 0.1) is 6.10 Å². The maximum Gasteiger partial charge on any atom is 0.219 e. The molecule has 3 atom stereocenters. The molecule has 1 aliphatic heterocycles. The van der Waals surface area contributed by atoms with Crippen molar-refractivity contribution in [2.45, 2.75) is 44.8 Å². The van der Waals surface area contributed by atoms with E-state index in [0.29, 0.717) is 5.92 Å². The van der Waals surface area contributed by atoms with E-state index in [2.05, 4.69) is 6.92 Å². The van der Waals surface area contributed by atoms with Gasteiger partial charge in [0.15, 0.2) is 0 Å². The number of nitrogens with zero attached hydrogens (tertiary/aromatic N) is 1. The van der Waals surface area contributed by atoms with Crippen molar-refractivity contribution in [3.05, 3.63) is 0 Å². The Morgan fingerprint density at radius 1 is 1.62 bits per heavy atom. The first-order valence-electron chi connectivity index (χ1n) is 4.99. The minimum absolute atomic E-state index is 0.0374. The SMILES string of the molecule is CC(=O)N1C[C@@H]2C[C@@]1(C)CC[C@@H]2O. The molecule has 0 radical (unpaired) electrons. The summed E-state index contributed by atoms with van der Waals surface area (Å²) in [4.78, 5) is 13.3. The molecule has 1 aliphatic carbocycles. The molecule has 3 heteroatoms. The predicted molar refractivity (Wildman–Crippen MR) is 49.1 cm³/mol. The van der Waals surface area contributed by atoms with Crippen molar-refractivity contribution in [1.82, 2.24) is 4.90 Å². The van der Waals surface area contributed by atoms with Crippen molar-refractivity contribution in [3.63, 3.8) is 0 Å². The lowest BCUT2D eigenvalue weighted by molar-refractivity contribution is -0.132. The maximum atomic E-state index is 11.3. The summed E-state index contributed by atoms with van der Waals surface area (Å²) in [6, 6.07) is 0. The summed E-state index contributed by atoms with van der Waals surface area (Å²) in [5, 5.41) is 9.67. The summed E-state index contributed by atoms with van der Waals surface area (Å²) in [6.45, 7) is 4.52. The molecule has 2 rings (SSSR count). The van der Waals surface area contributed by atoms with Crippen LogP contribution in [0.5, 0.6) is 0 Å². The van der Waals surface area contributed by atoms with Crippen LogP contribution in [0.1, 0.15) is 33.1 Å². The highest BCUT2D eigenvalue weighted by molar-refractivity contribution is 5.74. The van der Waals surface area contributed by atoms with Crippen LogP contribution in [0.3, 0.4) is 0 Å². The van der Waals surface area contributed by atoms with E-state index in [0.717, 1.165) is 25.8 Å². The molecule has 74 valence electrons. The van der Waals surface area contributed by atoms with Gasteiger partial charge in [-0.15, -0.1) is 0 Å². The van der Waals surface area contributed by atoms with Crippen LogP contribution in [-0.2, 0) is 4.79 Å². The molecule has 0 spiro atoms. The largest absolute Gasteiger partial charge is 0.393 e. The van der Waals surface area contributed by atoms with E-state index in [9.17, 15) is 9.90 Å². The second kappa shape index (κ2) is 2.71. The predicted octanol–water partition coefficient (Wildman–Crippen LogP) is 0.768. The van der Waals surface area contributed by atoms with Gasteiger partial charge >= 0.3 is 0 Å². The fraction of sp³-hybridized carbons (Fsp3) is 0.900. The third-order valence-electron chi connectivity index (χ3n) is 3.67. The molecule has 2 aliphatic rings. The van der Waals surface area contributed by atoms with Crippen LogP contribution in [0.4, 0.5) is 0 Å². The number of fused-ring (bicyclic) bond motifs is 2. The van der Waals surface area contributed by atoms with Gasteiger partial charge in [0, 0.05) is 24.9 Å². The number of aliphatic hydroxyl groups excluding tert-OH is 1. The minimum atomic E-state index is -0.183. The molecular weight excluding hydrogens is 166 g/mol. The van der Waals surface area contributed by atoms with Gasteiger partial charge in [-0.1, -0.05) is 0 Å². The van der Waals surface area contributed by atoms with Crippen molar-refractivity contribution in [2.24, 2.45) is 5.92 Å². The zero-order chi connectivity index (χ0) is 9.64. The van der Waals surface area contributed by atoms with E-state index in [1.807, 2.05) is 4.90 Å². The standard InChI is InChI=1S/C10H17NO2/c1-7(12)11-6-8-5-10(11,2)4-3-9(8)13/h8-9,13H,3-6H2,1-2H3/t8-,9-,10+/m0/s1. The molecule has 2 fully saturated rings. The molecule has 1 amide bonds. The molecule has 2 bridgehead atoms. The summed E-state index contributed by atoms with van der Waals surface area (Å²) in [5.74, 6) is 0.474. The van der Waals surface area contributed by atoms with Crippen LogP contribution in [0, 0.1) is 5.92 Å². The van der Waals surface area contributed by atoms with Crippen molar-refractivity contribution in [3.8, 4) is 0 Å². The quantitative estimate of drug-likeness (QED) is 0.602. The normalized spacial score (nSPS) is 43.8. The molecule has 3 nitrogen and oxygen atoms in total. The molecule has 1 saturated carbocycles. The number of carbonyl (C=O) groups excluding carboxylic acids is 1. The Morgan fingerprint density at radius 2 is 2.31 bits per heavy atom. The van der Waals surface area contributed by atoms with Crippen molar-refractivity contribution in [2.75, 3.05) is 6.54 Å². The van der Waals surface area contributed by atoms with E-state index < -0.39 is 0 Å². The van der Waals surface area contributed by atoms with Crippen LogP contribution >= 0.6 is 0 Å². The third-order valence-corrected chi connectivity index (χ3v) is 3.67. The van der Waals surface area contributed by atoms with Gasteiger partial charge in [-0.3, -0.25) is 4.79 Å². The third kappa shape index (κ3) is 1.26. The van der Waals surface area contributed by atoms with Gasteiger partial charge in [-0.2, -0.15) is 0 Å². The number of hydrogen-bond acceptors (Lipinski definition) is 2. The lowest BCUT2D eigenvalue weighted by atomic mass is 9.79. The lowest BCUT2D eigenvalue weighted by Gasteiger charge is -2.36. The van der Waals surface area contributed by atoms with E-state index in [4.69, 9.17) is 0 Å². The van der Waals surface area contributed by atoms with Crippen molar-refractivity contribution >= 4 is 5.91 Å². The van der Waals surface area contributed by atoms with Crippen LogP contribution in [0.25, 0.3) is 0 Å². The van der Waals surface area contributed by atoms with E-state index in [1.165, 1.54) is 0 Å². The molecule has 0 aromatic rings. The highest BCUT2D eigenvalue weighted by Crippen LogP contribution is 2.43. The van der Waals surface area contributed by atoms with Gasteiger partial charge in [-0.05, 0) is 26.2 Å². The van der Waals surface area contributed by atoms with Crippen LogP contribution in [0.15, 0.2) is 0 Å². The first kappa shape index (κ1) is 9.00. The van der Waals surface area contributed by atoms with Crippen LogP contribution in [0.2, 0.25) is 0 Å². The Bertz CT molecular complexity index is 241. The van der Waals surface area contributed by atoms with Crippen molar-refractivity contribution < 1.29 is 9.90 Å². The monoisotopic (exact) mass is 183 g/mol. The van der Waals surface area contributed by atoms with Gasteiger partial charge in [-0.25, -0.2) is 0 Å². The fourth-order valence-electron chi connectivity index (χ4n) is 2.89. The zero-order valence-electron chi connectivity index (χ0n) is 8.29. The molecule has 0 aromatic carbocycles. The second-order valence-corrected chi connectivity index (χ2v) is 4.70. The average Bonchev–Trinajstić information content (AvgIpc) is 2.34. The Morgan fingerprint density at radius 3 is 2.85 bits per heavy atom. The summed E-state index contributed by atoms with van der Waals surface area (Å²) in [5.41, 5.74) is 0.0374. The molecule has 1 heterocycles. The number of carbonyl (C=O) groups is 1. The first-order chi connectivity index (χ1) is 6.03.